The zero-order valence-electron chi connectivity index (χ0n) is 15.6. The van der Waals surface area contributed by atoms with Gasteiger partial charge in [0.2, 0.25) is 0 Å². The van der Waals surface area contributed by atoms with Crippen LogP contribution in [0.3, 0.4) is 0 Å². The smallest absolute Gasteiger partial charge is 0.295 e. The topological polar surface area (TPSA) is 93.5 Å². The largest absolute Gasteiger partial charge is 0.322 e. The van der Waals surface area contributed by atoms with Crippen LogP contribution in [0.15, 0.2) is 59.7 Å². The summed E-state index contributed by atoms with van der Waals surface area (Å²) in [7, 11) is 0. The molecule has 0 spiro atoms. The first-order chi connectivity index (χ1) is 13.6. The number of hydrogen-bond donors (Lipinski definition) is 3. The van der Waals surface area contributed by atoms with Crippen LogP contribution in [0.1, 0.15) is 11.1 Å². The molecule has 1 heterocycles. The summed E-state index contributed by atoms with van der Waals surface area (Å²) in [5.41, 5.74) is 4.60. The summed E-state index contributed by atoms with van der Waals surface area (Å²) in [5.74, 6) is -0.125. The van der Waals surface area contributed by atoms with Crippen LogP contribution in [-0.2, 0) is 11.3 Å². The fourth-order valence-electron chi connectivity index (χ4n) is 3.32. The van der Waals surface area contributed by atoms with E-state index in [1.807, 2.05) is 6.07 Å². The first-order valence-corrected chi connectivity index (χ1v) is 9.37. The average Bonchev–Trinajstić information content (AvgIpc) is 2.71. The third-order valence-electron chi connectivity index (χ3n) is 4.88. The molecule has 0 unspecified atom stereocenters. The van der Waals surface area contributed by atoms with Gasteiger partial charge in [0.15, 0.2) is 6.54 Å². The Morgan fingerprint density at radius 1 is 1.04 bits per heavy atom. The molecule has 3 rings (SSSR count). The number of rotatable bonds is 7. The number of amides is 1. The highest BCUT2D eigenvalue weighted by Gasteiger charge is 2.24. The van der Waals surface area contributed by atoms with Crippen molar-refractivity contribution in [1.82, 2.24) is 5.43 Å². The second kappa shape index (κ2) is 9.72. The zero-order valence-corrected chi connectivity index (χ0v) is 15.6. The molecular formula is C20H25N5O3+2. The van der Waals surface area contributed by atoms with Gasteiger partial charge in [-0.1, -0.05) is 30.3 Å². The number of nitro groups is 1. The molecule has 1 saturated heterocycles. The quantitative estimate of drug-likeness (QED) is 0.326. The number of benzene rings is 2. The maximum atomic E-state index is 12.1. The third-order valence-corrected chi connectivity index (χ3v) is 4.88. The standard InChI is InChI=1S/C20H23N5O3/c26-20(22-21-14-17-6-8-19(9-7-17)25(27)28)16-24-12-10-23(11-13-24)15-18-4-2-1-3-5-18/h1-9,14H,10-13,15-16H2,(H,22,26)/p+2/b21-14-. The first-order valence-electron chi connectivity index (χ1n) is 9.37. The van der Waals surface area contributed by atoms with Crippen molar-refractivity contribution in [1.29, 1.82) is 0 Å². The van der Waals surface area contributed by atoms with Crippen molar-refractivity contribution in [3.63, 3.8) is 0 Å². The summed E-state index contributed by atoms with van der Waals surface area (Å²) in [4.78, 5) is 25.1. The van der Waals surface area contributed by atoms with Crippen LogP contribution in [-0.4, -0.2) is 49.8 Å². The Morgan fingerprint density at radius 3 is 2.32 bits per heavy atom. The number of quaternary nitrogens is 2. The number of nitrogens with zero attached hydrogens (tertiary/aromatic N) is 2. The highest BCUT2D eigenvalue weighted by atomic mass is 16.6. The number of hydrogen-bond acceptors (Lipinski definition) is 4. The molecule has 0 aliphatic carbocycles. The van der Waals surface area contributed by atoms with Crippen molar-refractivity contribution >= 4 is 17.8 Å². The van der Waals surface area contributed by atoms with E-state index in [1.54, 1.807) is 17.0 Å². The SMILES string of the molecule is O=C(C[NH+]1CC[NH+](Cc2ccccc2)CC1)N/N=C\c1ccc([N+](=O)[O-])cc1. The monoisotopic (exact) mass is 383 g/mol. The summed E-state index contributed by atoms with van der Waals surface area (Å²) in [5, 5.41) is 14.6. The van der Waals surface area contributed by atoms with Crippen LogP contribution in [0.5, 0.6) is 0 Å². The number of carbonyl (C=O) groups excluding carboxylic acids is 1. The van der Waals surface area contributed by atoms with Gasteiger partial charge in [-0.15, -0.1) is 0 Å². The Hall–Kier alpha value is -3.10. The van der Waals surface area contributed by atoms with Crippen molar-refractivity contribution in [2.45, 2.75) is 6.54 Å². The Labute approximate surface area is 163 Å². The average molecular weight is 383 g/mol. The molecule has 0 saturated carbocycles. The predicted molar refractivity (Wildman–Crippen MR) is 105 cm³/mol. The molecule has 2 aromatic carbocycles. The zero-order chi connectivity index (χ0) is 19.8. The minimum atomic E-state index is -0.452. The van der Waals surface area contributed by atoms with Gasteiger partial charge in [0, 0.05) is 17.7 Å². The third kappa shape index (κ3) is 5.97. The van der Waals surface area contributed by atoms with Crippen LogP contribution in [0.2, 0.25) is 0 Å². The lowest BCUT2D eigenvalue weighted by atomic mass is 10.2. The fraction of sp³-hybridized carbons (Fsp3) is 0.300. The van der Waals surface area contributed by atoms with Crippen LogP contribution in [0.25, 0.3) is 0 Å². The molecule has 1 amide bonds. The van der Waals surface area contributed by atoms with Crippen molar-refractivity contribution in [2.24, 2.45) is 5.10 Å². The molecule has 1 fully saturated rings. The number of hydrazone groups is 1. The number of nitro benzene ring substituents is 1. The van der Waals surface area contributed by atoms with Crippen molar-refractivity contribution in [3.8, 4) is 0 Å². The van der Waals surface area contributed by atoms with Gasteiger partial charge >= 0.3 is 0 Å². The number of nitrogens with one attached hydrogen (secondary N) is 3. The Kier molecular flexibility index (Phi) is 6.83. The van der Waals surface area contributed by atoms with E-state index < -0.39 is 4.92 Å². The minimum absolute atomic E-state index is 0.0262. The molecule has 3 N–H and O–H groups in total. The van der Waals surface area contributed by atoms with Crippen molar-refractivity contribution < 1.29 is 19.5 Å². The van der Waals surface area contributed by atoms with Crippen LogP contribution >= 0.6 is 0 Å². The molecule has 146 valence electrons. The second-order valence-corrected chi connectivity index (χ2v) is 6.98. The maximum absolute atomic E-state index is 12.1. The Morgan fingerprint density at radius 2 is 1.68 bits per heavy atom. The Balaban J connectivity index is 1.38. The molecule has 8 nitrogen and oxygen atoms in total. The molecule has 0 bridgehead atoms. The molecule has 2 aromatic rings. The highest BCUT2D eigenvalue weighted by molar-refractivity contribution is 5.82. The molecular weight excluding hydrogens is 358 g/mol. The molecule has 1 aliphatic rings. The van der Waals surface area contributed by atoms with Crippen molar-refractivity contribution in [3.05, 3.63) is 75.8 Å². The van der Waals surface area contributed by atoms with Crippen LogP contribution in [0, 0.1) is 10.1 Å². The molecule has 0 atom stereocenters. The van der Waals surface area contributed by atoms with Gasteiger partial charge in [0.1, 0.15) is 32.7 Å². The van der Waals surface area contributed by atoms with E-state index in [4.69, 9.17) is 0 Å². The van der Waals surface area contributed by atoms with Gasteiger partial charge < -0.3 is 9.80 Å². The van der Waals surface area contributed by atoms with Crippen LogP contribution in [0.4, 0.5) is 5.69 Å². The summed E-state index contributed by atoms with van der Waals surface area (Å²) in [6.07, 6.45) is 1.49. The van der Waals surface area contributed by atoms with Gasteiger partial charge in [-0.3, -0.25) is 14.9 Å². The van der Waals surface area contributed by atoms with E-state index in [0.29, 0.717) is 12.1 Å². The lowest BCUT2D eigenvalue weighted by Crippen LogP contribution is -3.28. The Bertz CT molecular complexity index is 815. The van der Waals surface area contributed by atoms with E-state index in [2.05, 4.69) is 34.8 Å². The minimum Gasteiger partial charge on any atom is -0.322 e. The summed E-state index contributed by atoms with van der Waals surface area (Å²) in [6, 6.07) is 16.5. The van der Waals surface area contributed by atoms with Gasteiger partial charge in [-0.25, -0.2) is 5.43 Å². The number of piperazine rings is 1. The van der Waals surface area contributed by atoms with E-state index in [1.165, 1.54) is 28.8 Å². The summed E-state index contributed by atoms with van der Waals surface area (Å²) >= 11 is 0. The van der Waals surface area contributed by atoms with Crippen molar-refractivity contribution in [2.75, 3.05) is 32.7 Å². The number of non-ortho nitro benzene ring substituents is 1. The van der Waals surface area contributed by atoms with E-state index in [-0.39, 0.29) is 11.6 Å². The number of carbonyl (C=O) groups is 1. The van der Waals surface area contributed by atoms with Gasteiger partial charge in [-0.05, 0) is 17.7 Å². The maximum Gasteiger partial charge on any atom is 0.295 e. The second-order valence-electron chi connectivity index (χ2n) is 6.98. The summed E-state index contributed by atoms with van der Waals surface area (Å²) < 4.78 is 0. The first kappa shape index (κ1) is 19.7. The van der Waals surface area contributed by atoms with Crippen LogP contribution < -0.4 is 15.2 Å². The molecule has 0 aromatic heterocycles. The predicted octanol–water partition coefficient (Wildman–Crippen LogP) is -0.971. The van der Waals surface area contributed by atoms with Gasteiger partial charge in [0.25, 0.3) is 11.6 Å². The lowest BCUT2D eigenvalue weighted by Gasteiger charge is -2.29. The lowest BCUT2D eigenvalue weighted by molar-refractivity contribution is -1.02. The normalized spacial score (nSPS) is 19.4. The van der Waals surface area contributed by atoms with Gasteiger partial charge in [-0.2, -0.15) is 5.10 Å². The summed E-state index contributed by atoms with van der Waals surface area (Å²) in [6.45, 7) is 5.44. The fourth-order valence-corrected chi connectivity index (χ4v) is 3.32. The highest BCUT2D eigenvalue weighted by Crippen LogP contribution is 2.10. The van der Waals surface area contributed by atoms with E-state index in [9.17, 15) is 14.9 Å². The van der Waals surface area contributed by atoms with E-state index in [0.717, 1.165) is 32.7 Å². The molecule has 1 aliphatic heterocycles. The van der Waals surface area contributed by atoms with Gasteiger partial charge in [0.05, 0.1) is 11.1 Å². The molecule has 0 radical (unpaired) electrons. The van der Waals surface area contributed by atoms with E-state index >= 15 is 0 Å². The molecule has 28 heavy (non-hydrogen) atoms. The molecule has 8 heteroatoms.